The van der Waals surface area contributed by atoms with Gasteiger partial charge in [-0.15, -0.1) is 0 Å². The van der Waals surface area contributed by atoms with Crippen molar-refractivity contribution in [3.05, 3.63) is 34.9 Å². The van der Waals surface area contributed by atoms with Crippen LogP contribution >= 0.6 is 0 Å². The van der Waals surface area contributed by atoms with E-state index < -0.39 is 0 Å². The molecule has 1 unspecified atom stereocenters. The standard InChI is InChI=1S/C16H29N3/c1-7-16(8-2,19(5)6)15(18-17)14-10-9-12(3)11-13(14)4/h9-11,15,18H,7-8,17H2,1-6H3. The van der Waals surface area contributed by atoms with Crippen molar-refractivity contribution >= 4 is 0 Å². The van der Waals surface area contributed by atoms with Crippen molar-refractivity contribution in [1.82, 2.24) is 10.3 Å². The van der Waals surface area contributed by atoms with Gasteiger partial charge >= 0.3 is 0 Å². The molecule has 108 valence electrons. The SMILES string of the molecule is CCC(CC)(C(NN)c1ccc(C)cc1C)N(C)C. The van der Waals surface area contributed by atoms with Gasteiger partial charge in [-0.1, -0.05) is 37.6 Å². The van der Waals surface area contributed by atoms with Crippen molar-refractivity contribution in [2.75, 3.05) is 14.1 Å². The summed E-state index contributed by atoms with van der Waals surface area (Å²) in [7, 11) is 4.28. The van der Waals surface area contributed by atoms with Gasteiger partial charge in [0, 0.05) is 5.54 Å². The van der Waals surface area contributed by atoms with Crippen LogP contribution in [-0.4, -0.2) is 24.5 Å². The van der Waals surface area contributed by atoms with E-state index >= 15 is 0 Å². The molecule has 19 heavy (non-hydrogen) atoms. The Hall–Kier alpha value is -0.900. The van der Waals surface area contributed by atoms with Crippen LogP contribution in [0, 0.1) is 13.8 Å². The smallest absolute Gasteiger partial charge is 0.0646 e. The van der Waals surface area contributed by atoms with Crippen molar-refractivity contribution in [2.45, 2.75) is 52.1 Å². The third-order valence-electron chi connectivity index (χ3n) is 4.56. The Labute approximate surface area is 118 Å². The minimum absolute atomic E-state index is 0.0365. The second-order valence-electron chi connectivity index (χ2n) is 5.66. The fraction of sp³-hybridized carbons (Fsp3) is 0.625. The van der Waals surface area contributed by atoms with Crippen LogP contribution in [0.3, 0.4) is 0 Å². The molecule has 0 saturated heterocycles. The largest absolute Gasteiger partial charge is 0.302 e. The molecule has 0 heterocycles. The molecule has 0 aliphatic heterocycles. The van der Waals surface area contributed by atoms with E-state index in [9.17, 15) is 0 Å². The van der Waals surface area contributed by atoms with E-state index in [1.165, 1.54) is 16.7 Å². The number of hydrazine groups is 1. The van der Waals surface area contributed by atoms with Gasteiger partial charge in [0.25, 0.3) is 0 Å². The molecule has 1 atom stereocenters. The van der Waals surface area contributed by atoms with Gasteiger partial charge in [-0.25, -0.2) is 0 Å². The van der Waals surface area contributed by atoms with Crippen molar-refractivity contribution in [2.24, 2.45) is 5.84 Å². The molecule has 0 aromatic heterocycles. The lowest BCUT2D eigenvalue weighted by molar-refractivity contribution is 0.0879. The van der Waals surface area contributed by atoms with E-state index in [-0.39, 0.29) is 11.6 Å². The predicted molar refractivity (Wildman–Crippen MR) is 83.0 cm³/mol. The first-order chi connectivity index (χ1) is 8.92. The Morgan fingerprint density at radius 3 is 2.16 bits per heavy atom. The fourth-order valence-electron chi connectivity index (χ4n) is 3.23. The summed E-state index contributed by atoms with van der Waals surface area (Å²) in [6.45, 7) is 8.76. The van der Waals surface area contributed by atoms with Crippen LogP contribution in [0.15, 0.2) is 18.2 Å². The summed E-state index contributed by atoms with van der Waals surface area (Å²) >= 11 is 0. The maximum atomic E-state index is 5.91. The first-order valence-electron chi connectivity index (χ1n) is 7.13. The van der Waals surface area contributed by atoms with Gasteiger partial charge in [-0.3, -0.25) is 11.3 Å². The number of hydrogen-bond acceptors (Lipinski definition) is 3. The topological polar surface area (TPSA) is 41.3 Å². The number of likely N-dealkylation sites (N-methyl/N-ethyl adjacent to an activating group) is 1. The highest BCUT2D eigenvalue weighted by Gasteiger charge is 2.38. The Morgan fingerprint density at radius 2 is 1.79 bits per heavy atom. The molecule has 0 saturated carbocycles. The average molecular weight is 263 g/mol. The molecule has 1 aromatic carbocycles. The molecule has 3 heteroatoms. The lowest BCUT2D eigenvalue weighted by Gasteiger charge is -2.45. The van der Waals surface area contributed by atoms with Gasteiger partial charge in [0.2, 0.25) is 0 Å². The van der Waals surface area contributed by atoms with Crippen molar-refractivity contribution < 1.29 is 0 Å². The number of aryl methyl sites for hydroxylation is 2. The molecule has 1 rings (SSSR count). The Kier molecular flexibility index (Phi) is 5.53. The lowest BCUT2D eigenvalue weighted by atomic mass is 9.78. The number of nitrogens with two attached hydrogens (primary N) is 1. The maximum absolute atomic E-state index is 5.91. The van der Waals surface area contributed by atoms with Gasteiger partial charge in [-0.05, 0) is 51.9 Å². The zero-order valence-corrected chi connectivity index (χ0v) is 13.2. The fourth-order valence-corrected chi connectivity index (χ4v) is 3.23. The third kappa shape index (κ3) is 2.99. The van der Waals surface area contributed by atoms with Crippen molar-refractivity contribution in [1.29, 1.82) is 0 Å². The van der Waals surface area contributed by atoms with Gasteiger partial charge < -0.3 is 4.90 Å². The summed E-state index contributed by atoms with van der Waals surface area (Å²) in [6.07, 6.45) is 2.11. The molecule has 0 amide bonds. The second-order valence-corrected chi connectivity index (χ2v) is 5.66. The minimum Gasteiger partial charge on any atom is -0.302 e. The van der Waals surface area contributed by atoms with Crippen LogP contribution < -0.4 is 11.3 Å². The summed E-state index contributed by atoms with van der Waals surface area (Å²) in [4.78, 5) is 2.30. The number of hydrogen-bond donors (Lipinski definition) is 2. The van der Waals surface area contributed by atoms with E-state index in [4.69, 9.17) is 5.84 Å². The molecular weight excluding hydrogens is 234 g/mol. The van der Waals surface area contributed by atoms with E-state index in [1.807, 2.05) is 0 Å². The van der Waals surface area contributed by atoms with Crippen LogP contribution in [0.25, 0.3) is 0 Å². The van der Waals surface area contributed by atoms with E-state index in [0.717, 1.165) is 12.8 Å². The van der Waals surface area contributed by atoms with E-state index in [0.29, 0.717) is 0 Å². The number of rotatable bonds is 6. The van der Waals surface area contributed by atoms with Gasteiger partial charge in [-0.2, -0.15) is 0 Å². The molecule has 0 spiro atoms. The van der Waals surface area contributed by atoms with Crippen molar-refractivity contribution in [3.63, 3.8) is 0 Å². The Morgan fingerprint density at radius 1 is 1.21 bits per heavy atom. The first kappa shape index (κ1) is 16.2. The maximum Gasteiger partial charge on any atom is 0.0646 e. The highest BCUT2D eigenvalue weighted by molar-refractivity contribution is 5.35. The van der Waals surface area contributed by atoms with Crippen LogP contribution in [0.4, 0.5) is 0 Å². The average Bonchev–Trinajstić information content (AvgIpc) is 2.37. The van der Waals surface area contributed by atoms with Crippen LogP contribution in [0.2, 0.25) is 0 Å². The van der Waals surface area contributed by atoms with Gasteiger partial charge in [0.15, 0.2) is 0 Å². The van der Waals surface area contributed by atoms with E-state index in [2.05, 4.69) is 70.3 Å². The summed E-state index contributed by atoms with van der Waals surface area (Å²) < 4.78 is 0. The Balaban J connectivity index is 3.31. The highest BCUT2D eigenvalue weighted by atomic mass is 15.3. The number of nitrogens with zero attached hydrogens (tertiary/aromatic N) is 1. The zero-order valence-electron chi connectivity index (χ0n) is 13.2. The van der Waals surface area contributed by atoms with E-state index in [1.54, 1.807) is 0 Å². The van der Waals surface area contributed by atoms with Crippen LogP contribution in [0.1, 0.15) is 49.4 Å². The predicted octanol–water partition coefficient (Wildman–Crippen LogP) is 2.93. The molecule has 0 fully saturated rings. The highest BCUT2D eigenvalue weighted by Crippen LogP contribution is 2.36. The Bertz CT molecular complexity index is 408. The van der Waals surface area contributed by atoms with Crippen LogP contribution in [-0.2, 0) is 0 Å². The van der Waals surface area contributed by atoms with Gasteiger partial charge in [0.05, 0.1) is 6.04 Å². The molecule has 0 bridgehead atoms. The number of nitrogens with one attached hydrogen (secondary N) is 1. The van der Waals surface area contributed by atoms with Crippen molar-refractivity contribution in [3.8, 4) is 0 Å². The normalized spacial score (nSPS) is 13.9. The zero-order chi connectivity index (χ0) is 14.6. The first-order valence-corrected chi connectivity index (χ1v) is 7.13. The molecule has 3 nitrogen and oxygen atoms in total. The summed E-state index contributed by atoms with van der Waals surface area (Å²) in [5.74, 6) is 5.91. The molecule has 0 aliphatic rings. The summed E-state index contributed by atoms with van der Waals surface area (Å²) in [5.41, 5.74) is 6.99. The third-order valence-corrected chi connectivity index (χ3v) is 4.56. The van der Waals surface area contributed by atoms with Gasteiger partial charge in [0.1, 0.15) is 0 Å². The monoisotopic (exact) mass is 263 g/mol. The summed E-state index contributed by atoms with van der Waals surface area (Å²) in [6, 6.07) is 6.74. The van der Waals surface area contributed by atoms with Crippen LogP contribution in [0.5, 0.6) is 0 Å². The summed E-state index contributed by atoms with van der Waals surface area (Å²) in [5, 5.41) is 0. The molecule has 0 aliphatic carbocycles. The second kappa shape index (κ2) is 6.51. The quantitative estimate of drug-likeness (QED) is 0.612. The molecule has 3 N–H and O–H groups in total. The lowest BCUT2D eigenvalue weighted by Crippen LogP contribution is -2.54. The minimum atomic E-state index is 0.0365. The molecular formula is C16H29N3. The molecule has 1 aromatic rings. The molecule has 0 radical (unpaired) electrons. The number of benzene rings is 1.